The van der Waals surface area contributed by atoms with Gasteiger partial charge in [0.2, 0.25) is 0 Å². The lowest BCUT2D eigenvalue weighted by atomic mass is 10.2. The van der Waals surface area contributed by atoms with Crippen molar-refractivity contribution in [1.29, 1.82) is 0 Å². The Kier molecular flexibility index (Phi) is 8.16. The molecule has 29 heavy (non-hydrogen) atoms. The standard InChI is InChI=1S/C23H26BrNO4/c1-2-27-22-6-3-5-18(13-22)14-25(16-23-7-4-12-28-23)15-20(26)17-29-21-10-8-19(24)9-11-21/h3-13,20,26H,2,14-17H2,1H3. The summed E-state index contributed by atoms with van der Waals surface area (Å²) in [6.07, 6.45) is 1.03. The van der Waals surface area contributed by atoms with Crippen molar-refractivity contribution in [3.8, 4) is 11.5 Å². The summed E-state index contributed by atoms with van der Waals surface area (Å²) in [5, 5.41) is 10.5. The lowest BCUT2D eigenvalue weighted by molar-refractivity contribution is 0.0604. The molecule has 1 aromatic heterocycles. The molecule has 6 heteroatoms. The van der Waals surface area contributed by atoms with Gasteiger partial charge in [0.25, 0.3) is 0 Å². The molecule has 5 nitrogen and oxygen atoms in total. The number of benzene rings is 2. The lowest BCUT2D eigenvalue weighted by Crippen LogP contribution is -2.35. The van der Waals surface area contributed by atoms with Crippen molar-refractivity contribution in [2.75, 3.05) is 19.8 Å². The Morgan fingerprint density at radius 2 is 1.83 bits per heavy atom. The first-order valence-electron chi connectivity index (χ1n) is 9.65. The first kappa shape index (κ1) is 21.4. The van der Waals surface area contributed by atoms with Crippen LogP contribution < -0.4 is 9.47 Å². The van der Waals surface area contributed by atoms with E-state index < -0.39 is 6.10 Å². The van der Waals surface area contributed by atoms with Crippen LogP contribution in [0.25, 0.3) is 0 Å². The van der Waals surface area contributed by atoms with Crippen LogP contribution in [0, 0.1) is 0 Å². The van der Waals surface area contributed by atoms with Gasteiger partial charge in [-0.05, 0) is 61.0 Å². The van der Waals surface area contributed by atoms with Crippen LogP contribution in [0.3, 0.4) is 0 Å². The summed E-state index contributed by atoms with van der Waals surface area (Å²) < 4.78 is 17.8. The van der Waals surface area contributed by atoms with Crippen LogP contribution >= 0.6 is 15.9 Å². The van der Waals surface area contributed by atoms with Crippen LogP contribution in [0.1, 0.15) is 18.2 Å². The number of hydrogen-bond donors (Lipinski definition) is 1. The first-order chi connectivity index (χ1) is 14.1. The van der Waals surface area contributed by atoms with E-state index in [9.17, 15) is 5.11 Å². The molecule has 0 radical (unpaired) electrons. The smallest absolute Gasteiger partial charge is 0.119 e. The third kappa shape index (κ3) is 7.24. The second-order valence-electron chi connectivity index (χ2n) is 6.75. The number of furan rings is 1. The minimum Gasteiger partial charge on any atom is -0.494 e. The number of nitrogens with zero attached hydrogens (tertiary/aromatic N) is 1. The maximum Gasteiger partial charge on any atom is 0.119 e. The van der Waals surface area contributed by atoms with E-state index in [4.69, 9.17) is 13.9 Å². The molecular formula is C23H26BrNO4. The highest BCUT2D eigenvalue weighted by molar-refractivity contribution is 9.10. The molecule has 0 saturated carbocycles. The molecule has 2 aromatic carbocycles. The van der Waals surface area contributed by atoms with Crippen LogP contribution in [0.15, 0.2) is 75.8 Å². The first-order valence-corrected chi connectivity index (χ1v) is 10.4. The highest BCUT2D eigenvalue weighted by Crippen LogP contribution is 2.18. The minimum atomic E-state index is -0.635. The molecule has 154 valence electrons. The molecule has 0 amide bonds. The van der Waals surface area contributed by atoms with Gasteiger partial charge in [-0.1, -0.05) is 28.1 Å². The van der Waals surface area contributed by atoms with Gasteiger partial charge in [0, 0.05) is 17.6 Å². The highest BCUT2D eigenvalue weighted by atomic mass is 79.9. The zero-order valence-corrected chi connectivity index (χ0v) is 18.0. The third-order valence-electron chi connectivity index (χ3n) is 4.30. The van der Waals surface area contributed by atoms with Crippen LogP contribution in [-0.2, 0) is 13.1 Å². The Labute approximate surface area is 180 Å². The van der Waals surface area contributed by atoms with Crippen molar-refractivity contribution in [3.05, 3.63) is 82.7 Å². The zero-order valence-electron chi connectivity index (χ0n) is 16.5. The Hall–Kier alpha value is -2.28. The summed E-state index contributed by atoms with van der Waals surface area (Å²) in [6, 6.07) is 19.4. The van der Waals surface area contributed by atoms with Gasteiger partial charge in [0.05, 0.1) is 19.4 Å². The van der Waals surface area contributed by atoms with Crippen molar-refractivity contribution < 1.29 is 19.0 Å². The van der Waals surface area contributed by atoms with Gasteiger partial charge in [0.1, 0.15) is 30.0 Å². The normalized spacial score (nSPS) is 12.1. The molecule has 1 N–H and O–H groups in total. The van der Waals surface area contributed by atoms with Crippen molar-refractivity contribution in [2.45, 2.75) is 26.1 Å². The van der Waals surface area contributed by atoms with E-state index in [1.807, 2.05) is 61.5 Å². The molecule has 0 aliphatic carbocycles. The maximum absolute atomic E-state index is 10.5. The number of aliphatic hydroxyl groups excluding tert-OH is 1. The second kappa shape index (κ2) is 11.0. The van der Waals surface area contributed by atoms with E-state index in [-0.39, 0.29) is 6.61 Å². The van der Waals surface area contributed by atoms with Gasteiger partial charge in [0.15, 0.2) is 0 Å². The lowest BCUT2D eigenvalue weighted by Gasteiger charge is -2.24. The van der Waals surface area contributed by atoms with Crippen molar-refractivity contribution in [1.82, 2.24) is 4.90 Å². The van der Waals surface area contributed by atoms with E-state index in [2.05, 4.69) is 26.9 Å². The molecule has 0 aliphatic rings. The fourth-order valence-corrected chi connectivity index (χ4v) is 3.30. The van der Waals surface area contributed by atoms with Gasteiger partial charge >= 0.3 is 0 Å². The Bertz CT molecular complexity index is 852. The number of hydrogen-bond acceptors (Lipinski definition) is 5. The fraction of sp³-hybridized carbons (Fsp3) is 0.304. The van der Waals surface area contributed by atoms with Crippen LogP contribution in [0.2, 0.25) is 0 Å². The molecule has 1 atom stereocenters. The zero-order chi connectivity index (χ0) is 20.5. The Balaban J connectivity index is 1.61. The van der Waals surface area contributed by atoms with Crippen molar-refractivity contribution in [3.63, 3.8) is 0 Å². The minimum absolute atomic E-state index is 0.218. The van der Waals surface area contributed by atoms with Crippen LogP contribution in [0.4, 0.5) is 0 Å². The summed E-state index contributed by atoms with van der Waals surface area (Å²) in [7, 11) is 0. The van der Waals surface area contributed by atoms with E-state index in [0.717, 1.165) is 27.3 Å². The van der Waals surface area contributed by atoms with Crippen molar-refractivity contribution in [2.24, 2.45) is 0 Å². The van der Waals surface area contributed by atoms with Gasteiger partial charge in [-0.25, -0.2) is 0 Å². The highest BCUT2D eigenvalue weighted by Gasteiger charge is 2.15. The Morgan fingerprint density at radius 3 is 2.55 bits per heavy atom. The maximum atomic E-state index is 10.5. The van der Waals surface area contributed by atoms with Crippen molar-refractivity contribution >= 4 is 15.9 Å². The average Bonchev–Trinajstić information content (AvgIpc) is 3.21. The molecule has 3 rings (SSSR count). The topological polar surface area (TPSA) is 55.1 Å². The monoisotopic (exact) mass is 459 g/mol. The third-order valence-corrected chi connectivity index (χ3v) is 4.83. The average molecular weight is 460 g/mol. The summed E-state index contributed by atoms with van der Waals surface area (Å²) >= 11 is 3.40. The summed E-state index contributed by atoms with van der Waals surface area (Å²) in [5.41, 5.74) is 1.11. The SMILES string of the molecule is CCOc1cccc(CN(Cc2ccco2)CC(O)COc2ccc(Br)cc2)c1. The quantitative estimate of drug-likeness (QED) is 0.442. The molecule has 0 saturated heterocycles. The van der Waals surface area contributed by atoms with Crippen LogP contribution in [-0.4, -0.2) is 35.9 Å². The molecule has 0 aliphatic heterocycles. The van der Waals surface area contributed by atoms with E-state index in [1.165, 1.54) is 0 Å². The second-order valence-corrected chi connectivity index (χ2v) is 7.66. The van der Waals surface area contributed by atoms with E-state index >= 15 is 0 Å². The molecule has 0 bridgehead atoms. The molecule has 1 heterocycles. The van der Waals surface area contributed by atoms with E-state index in [0.29, 0.717) is 26.2 Å². The molecule has 0 fully saturated rings. The molecule has 0 spiro atoms. The molecule has 3 aromatic rings. The predicted octanol–water partition coefficient (Wildman–Crippen LogP) is 4.88. The Morgan fingerprint density at radius 1 is 1.00 bits per heavy atom. The van der Waals surface area contributed by atoms with Gasteiger partial charge in [-0.15, -0.1) is 0 Å². The number of ether oxygens (including phenoxy) is 2. The van der Waals surface area contributed by atoms with E-state index in [1.54, 1.807) is 6.26 Å². The summed E-state index contributed by atoms with van der Waals surface area (Å²) in [6.45, 7) is 4.53. The number of rotatable bonds is 11. The van der Waals surface area contributed by atoms with Gasteiger partial charge < -0.3 is 19.0 Å². The molecule has 1 unspecified atom stereocenters. The molecular weight excluding hydrogens is 434 g/mol. The predicted molar refractivity (Wildman–Crippen MR) is 116 cm³/mol. The largest absolute Gasteiger partial charge is 0.494 e. The fourth-order valence-electron chi connectivity index (χ4n) is 3.04. The van der Waals surface area contributed by atoms with Gasteiger partial charge in [-0.2, -0.15) is 0 Å². The summed E-state index contributed by atoms with van der Waals surface area (Å²) in [4.78, 5) is 2.14. The summed E-state index contributed by atoms with van der Waals surface area (Å²) in [5.74, 6) is 2.43. The number of halogens is 1. The van der Waals surface area contributed by atoms with Crippen LogP contribution in [0.5, 0.6) is 11.5 Å². The van der Waals surface area contributed by atoms with Gasteiger partial charge in [-0.3, -0.25) is 4.90 Å². The number of aliphatic hydroxyl groups is 1.